The minimum Gasteiger partial charge on any atom is -0.495 e. The summed E-state index contributed by atoms with van der Waals surface area (Å²) < 4.78 is 31.8. The van der Waals surface area contributed by atoms with E-state index in [0.717, 1.165) is 0 Å². The van der Waals surface area contributed by atoms with E-state index in [4.69, 9.17) is 10.5 Å². The molecule has 0 saturated carbocycles. The standard InChI is InChI=1S/C13H16N2O3S2/c1-3-15(20(16,17)13-5-4-8-19-13)10-6-7-12(18-2)11(14)9-10/h4-9H,3,14H2,1-2H3. The summed E-state index contributed by atoms with van der Waals surface area (Å²) in [6.07, 6.45) is 0. The van der Waals surface area contributed by atoms with E-state index in [1.165, 1.54) is 22.8 Å². The van der Waals surface area contributed by atoms with Crippen molar-refractivity contribution in [3.8, 4) is 5.75 Å². The third kappa shape index (κ3) is 2.59. The molecule has 2 rings (SSSR count). The molecule has 0 unspecified atom stereocenters. The van der Waals surface area contributed by atoms with Gasteiger partial charge in [-0.2, -0.15) is 0 Å². The average molecular weight is 312 g/mol. The third-order valence-corrected chi connectivity index (χ3v) is 6.10. The van der Waals surface area contributed by atoms with Crippen LogP contribution in [0.4, 0.5) is 11.4 Å². The molecule has 0 aliphatic rings. The molecule has 1 heterocycles. The molecule has 7 heteroatoms. The van der Waals surface area contributed by atoms with Gasteiger partial charge in [0.05, 0.1) is 18.5 Å². The summed E-state index contributed by atoms with van der Waals surface area (Å²) >= 11 is 1.19. The maximum atomic E-state index is 12.6. The van der Waals surface area contributed by atoms with E-state index < -0.39 is 10.0 Å². The number of ether oxygens (including phenoxy) is 1. The fourth-order valence-corrected chi connectivity index (χ4v) is 4.46. The summed E-state index contributed by atoms with van der Waals surface area (Å²) in [6, 6.07) is 8.26. The Kier molecular flexibility index (Phi) is 4.20. The lowest BCUT2D eigenvalue weighted by Crippen LogP contribution is -2.30. The van der Waals surface area contributed by atoms with Crippen molar-refractivity contribution in [3.05, 3.63) is 35.7 Å². The first-order chi connectivity index (χ1) is 9.50. The monoisotopic (exact) mass is 312 g/mol. The number of nitrogen functional groups attached to an aromatic ring is 1. The molecule has 5 nitrogen and oxygen atoms in total. The highest BCUT2D eigenvalue weighted by Gasteiger charge is 2.24. The van der Waals surface area contributed by atoms with Gasteiger partial charge in [-0.1, -0.05) is 6.07 Å². The topological polar surface area (TPSA) is 72.6 Å². The van der Waals surface area contributed by atoms with E-state index in [2.05, 4.69) is 0 Å². The molecule has 0 spiro atoms. The molecule has 2 aromatic rings. The van der Waals surface area contributed by atoms with Gasteiger partial charge in [0.15, 0.2) is 0 Å². The van der Waals surface area contributed by atoms with Crippen LogP contribution >= 0.6 is 11.3 Å². The number of hydrogen-bond donors (Lipinski definition) is 1. The zero-order valence-electron chi connectivity index (χ0n) is 11.2. The molecular formula is C13H16N2O3S2. The van der Waals surface area contributed by atoms with Crippen molar-refractivity contribution >= 4 is 32.7 Å². The fraction of sp³-hybridized carbons (Fsp3) is 0.231. The normalized spacial score (nSPS) is 11.3. The largest absolute Gasteiger partial charge is 0.495 e. The van der Waals surface area contributed by atoms with Crippen molar-refractivity contribution in [2.24, 2.45) is 0 Å². The second-order valence-electron chi connectivity index (χ2n) is 4.03. The van der Waals surface area contributed by atoms with Crippen molar-refractivity contribution in [2.45, 2.75) is 11.1 Å². The molecule has 2 N–H and O–H groups in total. The molecule has 0 amide bonds. The van der Waals surface area contributed by atoms with Crippen LogP contribution in [0.2, 0.25) is 0 Å². The Morgan fingerprint density at radius 2 is 2.10 bits per heavy atom. The van der Waals surface area contributed by atoms with Crippen LogP contribution in [0.25, 0.3) is 0 Å². The van der Waals surface area contributed by atoms with Gasteiger partial charge in [0.1, 0.15) is 9.96 Å². The first-order valence-corrected chi connectivity index (χ1v) is 8.32. The van der Waals surface area contributed by atoms with E-state index in [0.29, 0.717) is 27.9 Å². The van der Waals surface area contributed by atoms with E-state index in [1.807, 2.05) is 0 Å². The number of benzene rings is 1. The van der Waals surface area contributed by atoms with Crippen molar-refractivity contribution in [1.29, 1.82) is 0 Å². The lowest BCUT2D eigenvalue weighted by molar-refractivity contribution is 0.417. The SMILES string of the molecule is CCN(c1ccc(OC)c(N)c1)S(=O)(=O)c1cccs1. The summed E-state index contributed by atoms with van der Waals surface area (Å²) in [4.78, 5) is 0. The molecule has 0 saturated heterocycles. The molecule has 1 aromatic heterocycles. The van der Waals surface area contributed by atoms with Gasteiger partial charge < -0.3 is 10.5 Å². The first-order valence-electron chi connectivity index (χ1n) is 6.00. The Morgan fingerprint density at radius 3 is 2.60 bits per heavy atom. The Balaban J connectivity index is 2.45. The van der Waals surface area contributed by atoms with Crippen molar-refractivity contribution < 1.29 is 13.2 Å². The van der Waals surface area contributed by atoms with Crippen LogP contribution in [0, 0.1) is 0 Å². The number of rotatable bonds is 5. The lowest BCUT2D eigenvalue weighted by Gasteiger charge is -2.22. The Morgan fingerprint density at radius 1 is 1.35 bits per heavy atom. The second-order valence-corrected chi connectivity index (χ2v) is 7.06. The molecule has 0 radical (unpaired) electrons. The highest BCUT2D eigenvalue weighted by atomic mass is 32.2. The van der Waals surface area contributed by atoms with Crippen LogP contribution in [-0.2, 0) is 10.0 Å². The summed E-state index contributed by atoms with van der Waals surface area (Å²) in [5.74, 6) is 0.526. The number of methoxy groups -OCH3 is 1. The van der Waals surface area contributed by atoms with Gasteiger partial charge >= 0.3 is 0 Å². The molecule has 1 aromatic carbocycles. The predicted octanol–water partition coefficient (Wildman–Crippen LogP) is 2.55. The van der Waals surface area contributed by atoms with Crippen molar-refractivity contribution in [2.75, 3.05) is 23.7 Å². The zero-order chi connectivity index (χ0) is 14.8. The van der Waals surface area contributed by atoms with Crippen molar-refractivity contribution in [1.82, 2.24) is 0 Å². The van der Waals surface area contributed by atoms with Crippen LogP contribution in [0.15, 0.2) is 39.9 Å². The molecule has 0 aliphatic carbocycles. The van der Waals surface area contributed by atoms with E-state index in [-0.39, 0.29) is 0 Å². The van der Waals surface area contributed by atoms with E-state index >= 15 is 0 Å². The molecule has 0 bridgehead atoms. The Hall–Kier alpha value is -1.73. The number of nitrogens with two attached hydrogens (primary N) is 1. The Bertz CT molecular complexity index is 682. The maximum Gasteiger partial charge on any atom is 0.273 e. The number of thiophene rings is 1. The number of hydrogen-bond acceptors (Lipinski definition) is 5. The molecule has 20 heavy (non-hydrogen) atoms. The van der Waals surface area contributed by atoms with Gasteiger partial charge in [-0.3, -0.25) is 4.31 Å². The molecule has 0 aliphatic heterocycles. The first kappa shape index (κ1) is 14.7. The van der Waals surface area contributed by atoms with Gasteiger partial charge in [-0.25, -0.2) is 8.42 Å². The minimum atomic E-state index is -3.54. The Labute approximate surface area is 122 Å². The van der Waals surface area contributed by atoms with Crippen LogP contribution in [0.5, 0.6) is 5.75 Å². The fourth-order valence-electron chi connectivity index (χ4n) is 1.89. The van der Waals surface area contributed by atoms with Crippen LogP contribution in [0.1, 0.15) is 6.92 Å². The summed E-state index contributed by atoms with van der Waals surface area (Å²) in [5, 5.41) is 1.74. The predicted molar refractivity (Wildman–Crippen MR) is 81.9 cm³/mol. The summed E-state index contributed by atoms with van der Waals surface area (Å²) in [5.41, 5.74) is 6.78. The maximum absolute atomic E-state index is 12.6. The average Bonchev–Trinajstić information content (AvgIpc) is 2.94. The third-order valence-electron chi connectivity index (χ3n) is 2.83. The van der Waals surface area contributed by atoms with Gasteiger partial charge in [0.25, 0.3) is 10.0 Å². The van der Waals surface area contributed by atoms with Gasteiger partial charge in [0.2, 0.25) is 0 Å². The number of anilines is 2. The highest BCUT2D eigenvalue weighted by molar-refractivity contribution is 7.94. The molecule has 108 valence electrons. The zero-order valence-corrected chi connectivity index (χ0v) is 12.9. The van der Waals surface area contributed by atoms with E-state index in [9.17, 15) is 8.42 Å². The van der Waals surface area contributed by atoms with Gasteiger partial charge in [-0.15, -0.1) is 11.3 Å². The summed E-state index contributed by atoms with van der Waals surface area (Å²) in [7, 11) is -2.02. The second kappa shape index (κ2) is 5.72. The van der Waals surface area contributed by atoms with E-state index in [1.54, 1.807) is 42.6 Å². The minimum absolute atomic E-state index is 0.314. The van der Waals surface area contributed by atoms with Crippen molar-refractivity contribution in [3.63, 3.8) is 0 Å². The van der Waals surface area contributed by atoms with Crippen LogP contribution in [-0.4, -0.2) is 22.1 Å². The summed E-state index contributed by atoms with van der Waals surface area (Å²) in [6.45, 7) is 2.11. The molecule has 0 fully saturated rings. The van der Waals surface area contributed by atoms with Gasteiger partial charge in [-0.05, 0) is 36.6 Å². The molecule has 0 atom stereocenters. The number of nitrogens with zero attached hydrogens (tertiary/aromatic N) is 1. The molecular weight excluding hydrogens is 296 g/mol. The van der Waals surface area contributed by atoms with Crippen LogP contribution < -0.4 is 14.8 Å². The number of sulfonamides is 1. The lowest BCUT2D eigenvalue weighted by atomic mass is 10.2. The highest BCUT2D eigenvalue weighted by Crippen LogP contribution is 2.31. The van der Waals surface area contributed by atoms with Crippen LogP contribution in [0.3, 0.4) is 0 Å². The quantitative estimate of drug-likeness (QED) is 0.861. The smallest absolute Gasteiger partial charge is 0.273 e. The van der Waals surface area contributed by atoms with Gasteiger partial charge in [0, 0.05) is 6.54 Å².